The first-order chi connectivity index (χ1) is 9.56. The first-order valence-corrected chi connectivity index (χ1v) is 8.04. The fourth-order valence-electron chi connectivity index (χ4n) is 1.48. The van der Waals surface area contributed by atoms with E-state index in [1.54, 1.807) is 11.8 Å². The van der Waals surface area contributed by atoms with Crippen LogP contribution in [0, 0.1) is 6.92 Å². The Morgan fingerprint density at radius 1 is 1.38 bits per heavy atom. The van der Waals surface area contributed by atoms with Gasteiger partial charge in [-0.15, -0.1) is 17.5 Å². The minimum absolute atomic E-state index is 0. The van der Waals surface area contributed by atoms with Crippen LogP contribution in [0.25, 0.3) is 10.9 Å². The molecule has 6 heteroatoms. The van der Waals surface area contributed by atoms with Crippen molar-refractivity contribution in [3.8, 4) is 0 Å². The molecule has 0 fully saturated rings. The van der Waals surface area contributed by atoms with E-state index in [0.717, 1.165) is 32.6 Å². The minimum atomic E-state index is -0.711. The van der Waals surface area contributed by atoms with E-state index in [1.807, 2.05) is 25.1 Å². The Bertz CT molecular complexity index is 581. The number of carbonyl (C=O) groups is 1. The Morgan fingerprint density at radius 2 is 2.10 bits per heavy atom. The van der Waals surface area contributed by atoms with Gasteiger partial charge in [-0.05, 0) is 30.7 Å². The number of thioether (sulfide) groups is 1. The van der Waals surface area contributed by atoms with Crippen molar-refractivity contribution in [2.24, 2.45) is 0 Å². The summed E-state index contributed by atoms with van der Waals surface area (Å²) in [5.74, 6) is 0.104. The van der Waals surface area contributed by atoms with Crippen molar-refractivity contribution >= 4 is 44.6 Å². The summed E-state index contributed by atoms with van der Waals surface area (Å²) >= 11 is 5.10. The van der Waals surface area contributed by atoms with Crippen molar-refractivity contribution in [1.82, 2.24) is 4.98 Å². The number of aromatic nitrogens is 1. The maximum atomic E-state index is 9.60. The average Bonchev–Trinajstić information content (AvgIpc) is 2.40. The predicted octanol–water partition coefficient (Wildman–Crippen LogP) is 1.80. The van der Waals surface area contributed by atoms with E-state index in [-0.39, 0.29) is 29.6 Å². The van der Waals surface area contributed by atoms with E-state index < -0.39 is 5.97 Å². The molecule has 1 heterocycles. The SMILES string of the molecule is CCCC(=O)O.[CH2-]CSc1ccc2cc(Br)ccc2n1.[Na+]. The summed E-state index contributed by atoms with van der Waals surface area (Å²) < 4.78 is 1.09. The summed E-state index contributed by atoms with van der Waals surface area (Å²) in [5.41, 5.74) is 1.03. The predicted molar refractivity (Wildman–Crippen MR) is 88.1 cm³/mol. The molecule has 0 radical (unpaired) electrons. The quantitative estimate of drug-likeness (QED) is 0.501. The summed E-state index contributed by atoms with van der Waals surface area (Å²) in [7, 11) is 0. The van der Waals surface area contributed by atoms with Crippen molar-refractivity contribution in [2.45, 2.75) is 24.8 Å². The van der Waals surface area contributed by atoms with E-state index in [4.69, 9.17) is 5.11 Å². The second-order valence-corrected chi connectivity index (χ2v) is 6.01. The molecule has 2 rings (SSSR count). The van der Waals surface area contributed by atoms with Crippen LogP contribution in [0.5, 0.6) is 0 Å². The molecule has 108 valence electrons. The van der Waals surface area contributed by atoms with Gasteiger partial charge in [0.25, 0.3) is 0 Å². The summed E-state index contributed by atoms with van der Waals surface area (Å²) in [6.07, 6.45) is 1.02. The first-order valence-electron chi connectivity index (χ1n) is 6.27. The van der Waals surface area contributed by atoms with Gasteiger partial charge in [0.2, 0.25) is 0 Å². The summed E-state index contributed by atoms with van der Waals surface area (Å²) in [5, 5.41) is 10.1. The van der Waals surface area contributed by atoms with Gasteiger partial charge in [0.1, 0.15) is 0 Å². The minimum Gasteiger partial charge on any atom is -0.481 e. The van der Waals surface area contributed by atoms with Gasteiger partial charge in [-0.3, -0.25) is 4.79 Å². The average molecular weight is 378 g/mol. The van der Waals surface area contributed by atoms with Crippen molar-refractivity contribution in [1.29, 1.82) is 0 Å². The maximum Gasteiger partial charge on any atom is 1.00 e. The smallest absolute Gasteiger partial charge is 0.481 e. The number of aliphatic carboxylic acids is 1. The molecule has 0 aliphatic heterocycles. The molecule has 0 bridgehead atoms. The summed E-state index contributed by atoms with van der Waals surface area (Å²) in [4.78, 5) is 14.1. The second-order valence-electron chi connectivity index (χ2n) is 3.98. The van der Waals surface area contributed by atoms with E-state index in [9.17, 15) is 4.79 Å². The van der Waals surface area contributed by atoms with Crippen molar-refractivity contribution in [3.05, 3.63) is 41.7 Å². The first kappa shape index (κ1) is 20.9. The molecule has 0 unspecified atom stereocenters. The number of rotatable bonds is 4. The zero-order valence-electron chi connectivity index (χ0n) is 12.3. The molecular weight excluding hydrogens is 361 g/mol. The molecule has 3 nitrogen and oxygen atoms in total. The van der Waals surface area contributed by atoms with Gasteiger partial charge in [0, 0.05) is 16.3 Å². The van der Waals surface area contributed by atoms with Crippen LogP contribution >= 0.6 is 27.7 Å². The monoisotopic (exact) mass is 377 g/mol. The van der Waals surface area contributed by atoms with E-state index in [0.29, 0.717) is 6.42 Å². The fraction of sp³-hybridized carbons (Fsp3) is 0.267. The molecule has 0 aliphatic carbocycles. The molecule has 0 amide bonds. The van der Waals surface area contributed by atoms with Gasteiger partial charge >= 0.3 is 35.5 Å². The third-order valence-electron chi connectivity index (χ3n) is 2.34. The molecule has 0 saturated carbocycles. The van der Waals surface area contributed by atoms with Crippen LogP contribution in [0.3, 0.4) is 0 Å². The molecule has 1 aromatic carbocycles. The number of pyridine rings is 1. The maximum absolute atomic E-state index is 9.60. The molecule has 0 atom stereocenters. The van der Waals surface area contributed by atoms with Crippen LogP contribution in [0.15, 0.2) is 39.8 Å². The zero-order chi connectivity index (χ0) is 15.0. The molecule has 1 N–H and O–H groups in total. The molecule has 0 aliphatic rings. The van der Waals surface area contributed by atoms with Gasteiger partial charge in [-0.1, -0.05) is 28.9 Å². The van der Waals surface area contributed by atoms with E-state index >= 15 is 0 Å². The van der Waals surface area contributed by atoms with Gasteiger partial charge in [0.05, 0.1) is 10.5 Å². The number of hydrogen-bond acceptors (Lipinski definition) is 3. The molecule has 0 saturated heterocycles. The van der Waals surface area contributed by atoms with Crippen LogP contribution in [0.1, 0.15) is 19.8 Å². The van der Waals surface area contributed by atoms with Gasteiger partial charge < -0.3 is 12.0 Å². The van der Waals surface area contributed by atoms with E-state index in [1.165, 1.54) is 0 Å². The van der Waals surface area contributed by atoms with Crippen LogP contribution in [-0.4, -0.2) is 21.8 Å². The summed E-state index contributed by atoms with van der Waals surface area (Å²) in [6.45, 7) is 5.63. The van der Waals surface area contributed by atoms with Crippen molar-refractivity contribution < 1.29 is 39.5 Å². The van der Waals surface area contributed by atoms with Crippen LogP contribution in [0.2, 0.25) is 0 Å². The number of nitrogens with zero attached hydrogens (tertiary/aromatic N) is 1. The normalized spacial score (nSPS) is 9.48. The largest absolute Gasteiger partial charge is 1.00 e. The second kappa shape index (κ2) is 11.5. The van der Waals surface area contributed by atoms with E-state index in [2.05, 4.69) is 40.0 Å². The standard InChI is InChI=1S/C11H9BrNS.C4H8O2.Na/c1-2-14-11-6-3-8-7-9(12)4-5-10(8)13-11;1-2-3-4(5)6;/h3-7H,1-2H2;2-3H2,1H3,(H,5,6);/q-1;;+1. The molecule has 2 aromatic rings. The van der Waals surface area contributed by atoms with Crippen LogP contribution < -0.4 is 29.6 Å². The molecular formula is C15H17BrNNaO2S. The fourth-order valence-corrected chi connectivity index (χ4v) is 2.39. The Hall–Kier alpha value is -0.0700. The summed E-state index contributed by atoms with van der Waals surface area (Å²) in [6, 6.07) is 10.2. The van der Waals surface area contributed by atoms with Gasteiger partial charge in [0.15, 0.2) is 0 Å². The molecule has 1 aromatic heterocycles. The van der Waals surface area contributed by atoms with Crippen molar-refractivity contribution in [2.75, 3.05) is 5.75 Å². The third kappa shape index (κ3) is 8.21. The number of benzene rings is 1. The molecule has 0 spiro atoms. The van der Waals surface area contributed by atoms with Crippen LogP contribution in [0.4, 0.5) is 0 Å². The molecule has 21 heavy (non-hydrogen) atoms. The Balaban J connectivity index is 0.000000495. The Kier molecular flexibility index (Phi) is 11.5. The number of halogens is 1. The number of carboxylic acid groups (broad SMARTS) is 1. The van der Waals surface area contributed by atoms with Crippen LogP contribution in [-0.2, 0) is 4.79 Å². The zero-order valence-corrected chi connectivity index (χ0v) is 16.7. The third-order valence-corrected chi connectivity index (χ3v) is 3.56. The number of hydrogen-bond donors (Lipinski definition) is 1. The Morgan fingerprint density at radius 3 is 2.62 bits per heavy atom. The topological polar surface area (TPSA) is 50.2 Å². The van der Waals surface area contributed by atoms with Gasteiger partial charge in [-0.25, -0.2) is 4.98 Å². The van der Waals surface area contributed by atoms with Crippen molar-refractivity contribution in [3.63, 3.8) is 0 Å². The van der Waals surface area contributed by atoms with Gasteiger partial charge in [-0.2, -0.15) is 0 Å². The number of fused-ring (bicyclic) bond motifs is 1. The number of carboxylic acids is 1. The Labute approximate surface area is 160 Å².